The van der Waals surface area contributed by atoms with Gasteiger partial charge >= 0.3 is 0 Å². The molecule has 1 rings (SSSR count). The van der Waals surface area contributed by atoms with Gasteiger partial charge in [-0.05, 0) is 13.0 Å². The molecule has 0 bridgehead atoms. The lowest BCUT2D eigenvalue weighted by Gasteiger charge is -2.22. The maximum Gasteiger partial charge on any atom is 0.246 e. The molecule has 0 unspecified atom stereocenters. The first-order chi connectivity index (χ1) is 8.58. The van der Waals surface area contributed by atoms with Crippen LogP contribution in [0.5, 0.6) is 0 Å². The van der Waals surface area contributed by atoms with E-state index < -0.39 is 0 Å². The molecule has 6 heteroatoms. The Labute approximate surface area is 111 Å². The molecule has 0 aliphatic heterocycles. The Morgan fingerprint density at radius 1 is 1.56 bits per heavy atom. The third kappa shape index (κ3) is 3.96. The zero-order chi connectivity index (χ0) is 13.5. The van der Waals surface area contributed by atoms with E-state index in [2.05, 4.69) is 11.6 Å². The van der Waals surface area contributed by atoms with Crippen LogP contribution >= 0.6 is 11.3 Å². The lowest BCUT2D eigenvalue weighted by Crippen LogP contribution is -2.40. The third-order valence-corrected chi connectivity index (χ3v) is 3.26. The first kappa shape index (κ1) is 14.4. The van der Waals surface area contributed by atoms with Crippen molar-refractivity contribution in [2.24, 2.45) is 0 Å². The lowest BCUT2D eigenvalue weighted by atomic mass is 10.4. The molecule has 0 fully saturated rings. The van der Waals surface area contributed by atoms with Gasteiger partial charge in [-0.15, -0.1) is 11.3 Å². The van der Waals surface area contributed by atoms with E-state index in [9.17, 15) is 9.59 Å². The van der Waals surface area contributed by atoms with Gasteiger partial charge in [0.2, 0.25) is 11.8 Å². The predicted octanol–water partition coefficient (Wildman–Crippen LogP) is 1.14. The van der Waals surface area contributed by atoms with Crippen LogP contribution in [-0.4, -0.2) is 46.7 Å². The van der Waals surface area contributed by atoms with Crippen LogP contribution in [0.25, 0.3) is 0 Å². The van der Waals surface area contributed by atoms with Crippen molar-refractivity contribution in [2.75, 3.05) is 20.1 Å². The van der Waals surface area contributed by atoms with Gasteiger partial charge < -0.3 is 9.80 Å². The van der Waals surface area contributed by atoms with E-state index in [0.29, 0.717) is 13.1 Å². The quantitative estimate of drug-likeness (QED) is 0.726. The first-order valence-electron chi connectivity index (χ1n) is 5.61. The normalized spacial score (nSPS) is 9.89. The number of amides is 2. The van der Waals surface area contributed by atoms with Crippen molar-refractivity contribution in [3.63, 3.8) is 0 Å². The van der Waals surface area contributed by atoms with Crippen molar-refractivity contribution >= 4 is 23.2 Å². The molecule has 1 aromatic heterocycles. The maximum atomic E-state index is 11.9. The summed E-state index contributed by atoms with van der Waals surface area (Å²) in [5.41, 5.74) is 1.73. The Morgan fingerprint density at radius 3 is 2.78 bits per heavy atom. The molecule has 0 aliphatic carbocycles. The van der Waals surface area contributed by atoms with Crippen molar-refractivity contribution < 1.29 is 9.59 Å². The third-order valence-electron chi connectivity index (χ3n) is 2.50. The minimum Gasteiger partial charge on any atom is -0.339 e. The number of carbonyl (C=O) groups excluding carboxylic acids is 2. The molecule has 1 aromatic rings. The van der Waals surface area contributed by atoms with Crippen molar-refractivity contribution in [1.29, 1.82) is 0 Å². The first-order valence-corrected chi connectivity index (χ1v) is 6.49. The van der Waals surface area contributed by atoms with E-state index in [1.807, 2.05) is 6.92 Å². The SMILES string of the molecule is C=CC(=O)N(CC)CC(=O)N(C)Cc1cncs1. The van der Waals surface area contributed by atoms with Crippen LogP contribution in [0.4, 0.5) is 0 Å². The van der Waals surface area contributed by atoms with Gasteiger partial charge in [-0.2, -0.15) is 0 Å². The molecule has 18 heavy (non-hydrogen) atoms. The van der Waals surface area contributed by atoms with Gasteiger partial charge in [-0.25, -0.2) is 0 Å². The zero-order valence-corrected chi connectivity index (χ0v) is 11.4. The highest BCUT2D eigenvalue weighted by molar-refractivity contribution is 7.09. The Balaban J connectivity index is 2.53. The Kier molecular flexibility index (Phi) is 5.51. The summed E-state index contributed by atoms with van der Waals surface area (Å²) >= 11 is 1.50. The predicted molar refractivity (Wildman–Crippen MR) is 71.0 cm³/mol. The van der Waals surface area contributed by atoms with Crippen LogP contribution in [0.15, 0.2) is 24.4 Å². The second-order valence-electron chi connectivity index (χ2n) is 3.77. The van der Waals surface area contributed by atoms with Crippen molar-refractivity contribution in [1.82, 2.24) is 14.8 Å². The summed E-state index contributed by atoms with van der Waals surface area (Å²) in [5, 5.41) is 0. The van der Waals surface area contributed by atoms with Crippen LogP contribution in [0.1, 0.15) is 11.8 Å². The minimum atomic E-state index is -0.225. The molecule has 0 radical (unpaired) electrons. The van der Waals surface area contributed by atoms with Gasteiger partial charge in [0.1, 0.15) is 0 Å². The molecule has 5 nitrogen and oxygen atoms in total. The molecule has 0 atom stereocenters. The molecule has 0 aromatic carbocycles. The summed E-state index contributed by atoms with van der Waals surface area (Å²) in [6.45, 7) is 6.34. The average molecular weight is 267 g/mol. The van der Waals surface area contributed by atoms with E-state index in [1.54, 1.807) is 23.7 Å². The van der Waals surface area contributed by atoms with Gasteiger partial charge in [0, 0.05) is 24.7 Å². The summed E-state index contributed by atoms with van der Waals surface area (Å²) in [7, 11) is 1.72. The van der Waals surface area contributed by atoms with Crippen molar-refractivity contribution in [2.45, 2.75) is 13.5 Å². The standard InChI is InChI=1S/C12H17N3O2S/c1-4-11(16)15(5-2)8-12(17)14(3)7-10-6-13-9-18-10/h4,6,9H,1,5,7-8H2,2-3H3. The molecule has 0 spiro atoms. The van der Waals surface area contributed by atoms with E-state index in [4.69, 9.17) is 0 Å². The number of hydrogen-bond donors (Lipinski definition) is 0. The molecular weight excluding hydrogens is 250 g/mol. The number of carbonyl (C=O) groups is 2. The van der Waals surface area contributed by atoms with Crippen LogP contribution < -0.4 is 0 Å². The van der Waals surface area contributed by atoms with Crippen molar-refractivity contribution in [3.05, 3.63) is 29.2 Å². The summed E-state index contributed by atoms with van der Waals surface area (Å²) in [5.74, 6) is -0.322. The van der Waals surface area contributed by atoms with Crippen LogP contribution in [0.2, 0.25) is 0 Å². The Hall–Kier alpha value is -1.69. The highest BCUT2D eigenvalue weighted by Gasteiger charge is 2.16. The van der Waals surface area contributed by atoms with Crippen molar-refractivity contribution in [3.8, 4) is 0 Å². The number of hydrogen-bond acceptors (Lipinski definition) is 4. The molecule has 0 saturated carbocycles. The topological polar surface area (TPSA) is 53.5 Å². The van der Waals surface area contributed by atoms with E-state index in [1.165, 1.54) is 22.3 Å². The van der Waals surface area contributed by atoms with Gasteiger partial charge in [-0.1, -0.05) is 6.58 Å². The molecule has 0 N–H and O–H groups in total. The summed E-state index contributed by atoms with van der Waals surface area (Å²) in [6.07, 6.45) is 2.96. The smallest absolute Gasteiger partial charge is 0.246 e. The fourth-order valence-corrected chi connectivity index (χ4v) is 2.05. The lowest BCUT2D eigenvalue weighted by molar-refractivity contribution is -0.137. The summed E-state index contributed by atoms with van der Waals surface area (Å²) in [6, 6.07) is 0. The van der Waals surface area contributed by atoms with Crippen LogP contribution in [0.3, 0.4) is 0 Å². The molecule has 0 saturated heterocycles. The van der Waals surface area contributed by atoms with Gasteiger partial charge in [-0.3, -0.25) is 14.6 Å². The van der Waals surface area contributed by atoms with E-state index >= 15 is 0 Å². The van der Waals surface area contributed by atoms with Gasteiger partial charge in [0.05, 0.1) is 18.6 Å². The molecule has 1 heterocycles. The Morgan fingerprint density at radius 2 is 2.28 bits per heavy atom. The molecule has 98 valence electrons. The van der Waals surface area contributed by atoms with Gasteiger partial charge in [0.15, 0.2) is 0 Å². The number of aromatic nitrogens is 1. The van der Waals surface area contributed by atoms with E-state index in [-0.39, 0.29) is 18.4 Å². The van der Waals surface area contributed by atoms with Gasteiger partial charge in [0.25, 0.3) is 0 Å². The second kappa shape index (κ2) is 6.90. The minimum absolute atomic E-state index is 0.0800. The maximum absolute atomic E-state index is 11.9. The summed E-state index contributed by atoms with van der Waals surface area (Å²) < 4.78 is 0. The zero-order valence-electron chi connectivity index (χ0n) is 10.6. The molecular formula is C12H17N3O2S. The van der Waals surface area contributed by atoms with E-state index in [0.717, 1.165) is 4.88 Å². The largest absolute Gasteiger partial charge is 0.339 e. The number of rotatable bonds is 6. The Bertz CT molecular complexity index is 417. The second-order valence-corrected chi connectivity index (χ2v) is 4.74. The number of nitrogens with zero attached hydrogens (tertiary/aromatic N) is 3. The number of thiazole rings is 1. The summed E-state index contributed by atoms with van der Waals surface area (Å²) in [4.78, 5) is 31.4. The fraction of sp³-hybridized carbons (Fsp3) is 0.417. The van der Waals surface area contributed by atoms with Crippen LogP contribution in [0, 0.1) is 0 Å². The highest BCUT2D eigenvalue weighted by atomic mass is 32.1. The number of likely N-dealkylation sites (N-methyl/N-ethyl adjacent to an activating group) is 2. The monoisotopic (exact) mass is 267 g/mol. The van der Waals surface area contributed by atoms with Crippen LogP contribution in [-0.2, 0) is 16.1 Å². The highest BCUT2D eigenvalue weighted by Crippen LogP contribution is 2.08. The average Bonchev–Trinajstić information content (AvgIpc) is 2.87. The molecule has 2 amide bonds. The fourth-order valence-electron chi connectivity index (χ4n) is 1.40. The molecule has 0 aliphatic rings.